The highest BCUT2D eigenvalue weighted by Crippen LogP contribution is 2.22. The zero-order valence-electron chi connectivity index (χ0n) is 18.7. The van der Waals surface area contributed by atoms with Crippen LogP contribution in [0.4, 0.5) is 0 Å². The number of nitrogens with zero attached hydrogens (tertiary/aromatic N) is 1. The van der Waals surface area contributed by atoms with Gasteiger partial charge in [-0.05, 0) is 37.3 Å². The van der Waals surface area contributed by atoms with E-state index in [2.05, 4.69) is 5.32 Å². The molecule has 0 aliphatic carbocycles. The largest absolute Gasteiger partial charge is 0.466 e. The molecule has 0 saturated carbocycles. The fourth-order valence-electron chi connectivity index (χ4n) is 4.06. The van der Waals surface area contributed by atoms with E-state index in [1.165, 1.54) is 0 Å². The Morgan fingerprint density at radius 3 is 2.25 bits per heavy atom. The van der Waals surface area contributed by atoms with Gasteiger partial charge in [0.05, 0.1) is 19.1 Å². The first-order valence-electron chi connectivity index (χ1n) is 11.4. The highest BCUT2D eigenvalue weighted by atomic mass is 16.5. The van der Waals surface area contributed by atoms with Crippen LogP contribution in [-0.2, 0) is 25.5 Å². The third kappa shape index (κ3) is 6.94. The molecule has 1 atom stereocenters. The standard InChI is InChI=1S/C26H32N2O4/c1-2-32-25(30)19-23(21-11-7-4-8-12-21)27-26(31)22-15-17-28(18-16-22)24(29)14-13-20-9-5-3-6-10-20/h3-12,22-23H,2,13-19H2,1H3,(H,27,31). The third-order valence-corrected chi connectivity index (χ3v) is 5.88. The maximum atomic E-state index is 12.9. The normalized spacial score (nSPS) is 15.1. The number of nitrogens with one attached hydrogen (secondary N) is 1. The number of carbonyl (C=O) groups is 3. The van der Waals surface area contributed by atoms with Crippen molar-refractivity contribution in [3.63, 3.8) is 0 Å². The molecular weight excluding hydrogens is 404 g/mol. The van der Waals surface area contributed by atoms with Crippen LogP contribution in [0.15, 0.2) is 60.7 Å². The Bertz CT molecular complexity index is 877. The zero-order chi connectivity index (χ0) is 22.8. The Hall–Kier alpha value is -3.15. The molecule has 0 bridgehead atoms. The number of rotatable bonds is 9. The van der Waals surface area contributed by atoms with Gasteiger partial charge in [0, 0.05) is 25.4 Å². The van der Waals surface area contributed by atoms with Crippen molar-refractivity contribution in [2.45, 2.75) is 45.1 Å². The lowest BCUT2D eigenvalue weighted by atomic mass is 9.94. The topological polar surface area (TPSA) is 75.7 Å². The Balaban J connectivity index is 1.50. The van der Waals surface area contributed by atoms with Crippen molar-refractivity contribution in [1.29, 1.82) is 0 Å². The van der Waals surface area contributed by atoms with Gasteiger partial charge in [-0.1, -0.05) is 60.7 Å². The summed E-state index contributed by atoms with van der Waals surface area (Å²) in [4.78, 5) is 39.4. The smallest absolute Gasteiger partial charge is 0.308 e. The summed E-state index contributed by atoms with van der Waals surface area (Å²) in [5, 5.41) is 3.04. The van der Waals surface area contributed by atoms with Crippen molar-refractivity contribution in [2.75, 3.05) is 19.7 Å². The van der Waals surface area contributed by atoms with Crippen molar-refractivity contribution >= 4 is 17.8 Å². The van der Waals surface area contributed by atoms with E-state index < -0.39 is 6.04 Å². The maximum Gasteiger partial charge on any atom is 0.308 e. The molecule has 1 aliphatic heterocycles. The molecule has 1 heterocycles. The molecule has 32 heavy (non-hydrogen) atoms. The number of likely N-dealkylation sites (tertiary alicyclic amines) is 1. The first kappa shape index (κ1) is 23.5. The second-order valence-electron chi connectivity index (χ2n) is 8.12. The summed E-state index contributed by atoms with van der Waals surface area (Å²) in [5.74, 6) is -0.432. The van der Waals surface area contributed by atoms with Crippen LogP contribution in [0.3, 0.4) is 0 Å². The zero-order valence-corrected chi connectivity index (χ0v) is 18.7. The predicted molar refractivity (Wildman–Crippen MR) is 123 cm³/mol. The van der Waals surface area contributed by atoms with Gasteiger partial charge in [0.15, 0.2) is 0 Å². The number of piperidine rings is 1. The highest BCUT2D eigenvalue weighted by Gasteiger charge is 2.29. The van der Waals surface area contributed by atoms with Crippen molar-refractivity contribution < 1.29 is 19.1 Å². The van der Waals surface area contributed by atoms with Gasteiger partial charge in [0.25, 0.3) is 0 Å². The number of carbonyl (C=O) groups excluding carboxylic acids is 3. The first-order chi connectivity index (χ1) is 15.6. The van der Waals surface area contributed by atoms with Crippen LogP contribution in [0.25, 0.3) is 0 Å². The molecule has 6 nitrogen and oxygen atoms in total. The average Bonchev–Trinajstić information content (AvgIpc) is 2.83. The molecule has 3 rings (SSSR count). The number of hydrogen-bond donors (Lipinski definition) is 1. The number of aryl methyl sites for hydroxylation is 1. The van der Waals surface area contributed by atoms with E-state index in [9.17, 15) is 14.4 Å². The molecule has 2 amide bonds. The molecule has 1 saturated heterocycles. The second-order valence-corrected chi connectivity index (χ2v) is 8.12. The average molecular weight is 437 g/mol. The van der Waals surface area contributed by atoms with Gasteiger partial charge in [0.1, 0.15) is 0 Å². The molecular formula is C26H32N2O4. The second kappa shape index (κ2) is 12.0. The first-order valence-corrected chi connectivity index (χ1v) is 11.4. The summed E-state index contributed by atoms with van der Waals surface area (Å²) in [6.07, 6.45) is 2.57. The molecule has 2 aromatic rings. The molecule has 1 N–H and O–H groups in total. The molecule has 6 heteroatoms. The van der Waals surface area contributed by atoms with E-state index in [0.717, 1.165) is 17.5 Å². The summed E-state index contributed by atoms with van der Waals surface area (Å²) in [7, 11) is 0. The van der Waals surface area contributed by atoms with Crippen LogP contribution < -0.4 is 5.32 Å². The molecule has 0 spiro atoms. The van der Waals surface area contributed by atoms with Crippen LogP contribution >= 0.6 is 0 Å². The summed E-state index contributed by atoms with van der Waals surface area (Å²) in [6, 6.07) is 19.0. The number of esters is 1. The summed E-state index contributed by atoms with van der Waals surface area (Å²) in [6.45, 7) is 3.24. The van der Waals surface area contributed by atoms with E-state index in [0.29, 0.717) is 39.0 Å². The number of ether oxygens (including phenoxy) is 1. The third-order valence-electron chi connectivity index (χ3n) is 5.88. The van der Waals surface area contributed by atoms with E-state index in [1.807, 2.05) is 65.6 Å². The minimum absolute atomic E-state index is 0.0699. The van der Waals surface area contributed by atoms with Gasteiger partial charge in [-0.2, -0.15) is 0 Å². The predicted octanol–water partition coefficient (Wildman–Crippen LogP) is 3.67. The van der Waals surface area contributed by atoms with E-state index in [1.54, 1.807) is 6.92 Å². The molecule has 2 aromatic carbocycles. The van der Waals surface area contributed by atoms with Crippen molar-refractivity contribution in [2.24, 2.45) is 5.92 Å². The fourth-order valence-corrected chi connectivity index (χ4v) is 4.06. The lowest BCUT2D eigenvalue weighted by molar-refractivity contribution is -0.144. The lowest BCUT2D eigenvalue weighted by Crippen LogP contribution is -2.44. The van der Waals surface area contributed by atoms with E-state index >= 15 is 0 Å². The van der Waals surface area contributed by atoms with Crippen molar-refractivity contribution in [3.8, 4) is 0 Å². The summed E-state index contributed by atoms with van der Waals surface area (Å²) in [5.41, 5.74) is 2.03. The Labute approximate surface area is 189 Å². The van der Waals surface area contributed by atoms with Crippen LogP contribution in [0, 0.1) is 5.92 Å². The van der Waals surface area contributed by atoms with Crippen LogP contribution in [0.5, 0.6) is 0 Å². The fraction of sp³-hybridized carbons (Fsp3) is 0.423. The lowest BCUT2D eigenvalue weighted by Gasteiger charge is -2.32. The monoisotopic (exact) mass is 436 g/mol. The number of amides is 2. The summed E-state index contributed by atoms with van der Waals surface area (Å²) < 4.78 is 5.08. The molecule has 1 aliphatic rings. The van der Waals surface area contributed by atoms with E-state index in [-0.39, 0.29) is 30.1 Å². The van der Waals surface area contributed by atoms with E-state index in [4.69, 9.17) is 4.74 Å². The van der Waals surface area contributed by atoms with Crippen LogP contribution in [0.1, 0.15) is 49.8 Å². The summed E-state index contributed by atoms with van der Waals surface area (Å²) >= 11 is 0. The SMILES string of the molecule is CCOC(=O)CC(NC(=O)C1CCN(C(=O)CCc2ccccc2)CC1)c1ccccc1. The van der Waals surface area contributed by atoms with Gasteiger partial charge in [-0.15, -0.1) is 0 Å². The Kier molecular flexibility index (Phi) is 8.84. The molecule has 0 radical (unpaired) electrons. The van der Waals surface area contributed by atoms with Gasteiger partial charge >= 0.3 is 5.97 Å². The quantitative estimate of drug-likeness (QED) is 0.609. The van der Waals surface area contributed by atoms with Crippen LogP contribution in [-0.4, -0.2) is 42.4 Å². The van der Waals surface area contributed by atoms with Crippen molar-refractivity contribution in [3.05, 3.63) is 71.8 Å². The van der Waals surface area contributed by atoms with Gasteiger partial charge in [0.2, 0.25) is 11.8 Å². The van der Waals surface area contributed by atoms with Gasteiger partial charge < -0.3 is 15.0 Å². The number of benzene rings is 2. The van der Waals surface area contributed by atoms with Gasteiger partial charge in [-0.25, -0.2) is 0 Å². The number of hydrogen-bond acceptors (Lipinski definition) is 4. The maximum absolute atomic E-state index is 12.9. The molecule has 170 valence electrons. The van der Waals surface area contributed by atoms with Crippen molar-refractivity contribution in [1.82, 2.24) is 10.2 Å². The minimum Gasteiger partial charge on any atom is -0.466 e. The highest BCUT2D eigenvalue weighted by molar-refractivity contribution is 5.81. The molecule has 1 unspecified atom stereocenters. The Morgan fingerprint density at radius 2 is 1.62 bits per heavy atom. The van der Waals surface area contributed by atoms with Gasteiger partial charge in [-0.3, -0.25) is 14.4 Å². The van der Waals surface area contributed by atoms with Crippen LogP contribution in [0.2, 0.25) is 0 Å². The molecule has 1 fully saturated rings. The molecule has 0 aromatic heterocycles. The minimum atomic E-state index is -0.423. The Morgan fingerprint density at radius 1 is 1.00 bits per heavy atom.